The molecule has 0 radical (unpaired) electrons. The van der Waals surface area contributed by atoms with Crippen LogP contribution in [0.3, 0.4) is 0 Å². The van der Waals surface area contributed by atoms with Gasteiger partial charge in [-0.05, 0) is 53.4 Å². The van der Waals surface area contributed by atoms with E-state index in [9.17, 15) is 4.79 Å². The lowest BCUT2D eigenvalue weighted by Crippen LogP contribution is -2.28. The minimum atomic E-state index is -0.306. The molecule has 1 aliphatic rings. The third kappa shape index (κ3) is 4.19. The van der Waals surface area contributed by atoms with E-state index >= 15 is 0 Å². The van der Waals surface area contributed by atoms with Crippen molar-refractivity contribution in [1.29, 1.82) is 0 Å². The molecular formula is C22H18N4O4S2. The molecule has 10 heteroatoms. The molecule has 0 unspecified atom stereocenters. The number of hydrogen-bond acceptors (Lipinski definition) is 9. The van der Waals surface area contributed by atoms with Crippen LogP contribution in [0.2, 0.25) is 0 Å². The molecule has 0 bridgehead atoms. The highest BCUT2D eigenvalue weighted by Crippen LogP contribution is 2.34. The summed E-state index contributed by atoms with van der Waals surface area (Å²) >= 11 is 2.71. The number of methoxy groups -OCH3 is 1. The van der Waals surface area contributed by atoms with Crippen LogP contribution < -0.4 is 4.74 Å². The van der Waals surface area contributed by atoms with Crippen LogP contribution in [0, 0.1) is 0 Å². The molecule has 4 aromatic rings. The first kappa shape index (κ1) is 20.5. The third-order valence-electron chi connectivity index (χ3n) is 4.92. The van der Waals surface area contributed by atoms with Crippen LogP contribution in [0.1, 0.15) is 23.8 Å². The van der Waals surface area contributed by atoms with E-state index in [0.29, 0.717) is 23.3 Å². The third-order valence-corrected chi connectivity index (χ3v) is 6.58. The number of ether oxygens (including phenoxy) is 1. The Hall–Kier alpha value is -3.37. The summed E-state index contributed by atoms with van der Waals surface area (Å²) in [5.74, 6) is 1.84. The van der Waals surface area contributed by atoms with E-state index in [-0.39, 0.29) is 17.7 Å². The van der Waals surface area contributed by atoms with Crippen LogP contribution in [0.4, 0.5) is 0 Å². The lowest BCUT2D eigenvalue weighted by atomic mass is 10.0. The van der Waals surface area contributed by atoms with Gasteiger partial charge < -0.3 is 13.6 Å². The predicted molar refractivity (Wildman–Crippen MR) is 121 cm³/mol. The minimum Gasteiger partial charge on any atom is -0.497 e. The Morgan fingerprint density at radius 3 is 2.81 bits per heavy atom. The van der Waals surface area contributed by atoms with Gasteiger partial charge in [0.1, 0.15) is 17.6 Å². The number of thiophene rings is 1. The maximum Gasteiger partial charge on any atom is 0.277 e. The molecule has 0 spiro atoms. The average Bonchev–Trinajstić information content (AvgIpc) is 3.63. The normalized spacial score (nSPS) is 15.7. The second-order valence-corrected chi connectivity index (χ2v) is 8.76. The summed E-state index contributed by atoms with van der Waals surface area (Å²) in [5.41, 5.74) is 1.74. The molecule has 0 aliphatic carbocycles. The fourth-order valence-corrected chi connectivity index (χ4v) is 4.62. The van der Waals surface area contributed by atoms with Crippen LogP contribution in [-0.2, 0) is 4.79 Å². The SMILES string of the molecule is COc1ccc(C2=NN(C(=O)CSc3nnc(-c4cccs4)o3)[C@H](c3ccco3)C2)cc1. The zero-order valence-electron chi connectivity index (χ0n) is 17.0. The Morgan fingerprint density at radius 1 is 1.22 bits per heavy atom. The number of furan rings is 1. The Kier molecular flexibility index (Phi) is 5.78. The summed E-state index contributed by atoms with van der Waals surface area (Å²) in [6, 6.07) is 14.8. The molecule has 1 amide bonds. The lowest BCUT2D eigenvalue weighted by Gasteiger charge is -2.19. The first-order chi connectivity index (χ1) is 15.7. The fourth-order valence-electron chi connectivity index (χ4n) is 3.36. The second-order valence-electron chi connectivity index (χ2n) is 6.89. The van der Waals surface area contributed by atoms with Gasteiger partial charge in [0.2, 0.25) is 0 Å². The Balaban J connectivity index is 1.32. The summed E-state index contributed by atoms with van der Waals surface area (Å²) in [6.07, 6.45) is 2.15. The van der Waals surface area contributed by atoms with E-state index in [1.807, 2.05) is 53.9 Å². The second kappa shape index (κ2) is 9.01. The van der Waals surface area contributed by atoms with Crippen molar-refractivity contribution in [2.75, 3.05) is 12.9 Å². The highest BCUT2D eigenvalue weighted by Gasteiger charge is 2.35. The molecule has 4 heterocycles. The average molecular weight is 467 g/mol. The van der Waals surface area contributed by atoms with Crippen molar-refractivity contribution in [3.05, 3.63) is 71.5 Å². The van der Waals surface area contributed by atoms with Gasteiger partial charge in [-0.2, -0.15) is 5.10 Å². The summed E-state index contributed by atoms with van der Waals surface area (Å²) in [5, 5.41) is 16.5. The first-order valence-corrected chi connectivity index (χ1v) is 11.7. The van der Waals surface area contributed by atoms with Gasteiger partial charge in [-0.3, -0.25) is 4.79 Å². The summed E-state index contributed by atoms with van der Waals surface area (Å²) in [6.45, 7) is 0. The monoisotopic (exact) mass is 466 g/mol. The molecule has 1 atom stereocenters. The number of carbonyl (C=O) groups excluding carboxylic acids is 1. The first-order valence-electron chi connectivity index (χ1n) is 9.79. The number of benzene rings is 1. The molecule has 0 saturated carbocycles. The fraction of sp³-hybridized carbons (Fsp3) is 0.182. The van der Waals surface area contributed by atoms with E-state index in [2.05, 4.69) is 15.3 Å². The number of thioether (sulfide) groups is 1. The van der Waals surface area contributed by atoms with Crippen molar-refractivity contribution in [2.24, 2.45) is 5.10 Å². The van der Waals surface area contributed by atoms with Gasteiger partial charge in [0.05, 0.1) is 29.7 Å². The zero-order chi connectivity index (χ0) is 21.9. The molecular weight excluding hydrogens is 448 g/mol. The molecule has 0 fully saturated rings. The van der Waals surface area contributed by atoms with Crippen LogP contribution in [0.25, 0.3) is 10.8 Å². The van der Waals surface area contributed by atoms with Crippen LogP contribution >= 0.6 is 23.1 Å². The zero-order valence-corrected chi connectivity index (χ0v) is 18.6. The highest BCUT2D eigenvalue weighted by molar-refractivity contribution is 7.99. The van der Waals surface area contributed by atoms with Gasteiger partial charge in [0.15, 0.2) is 0 Å². The topological polar surface area (TPSA) is 94.0 Å². The largest absolute Gasteiger partial charge is 0.497 e. The molecule has 5 rings (SSSR count). The number of nitrogens with zero attached hydrogens (tertiary/aromatic N) is 4. The van der Waals surface area contributed by atoms with Gasteiger partial charge in [-0.25, -0.2) is 5.01 Å². The van der Waals surface area contributed by atoms with Crippen molar-refractivity contribution >= 4 is 34.7 Å². The van der Waals surface area contributed by atoms with Crippen LogP contribution in [0.5, 0.6) is 5.75 Å². The maximum atomic E-state index is 13.1. The number of hydrogen-bond donors (Lipinski definition) is 0. The number of aromatic nitrogens is 2. The minimum absolute atomic E-state index is 0.114. The van der Waals surface area contributed by atoms with E-state index < -0.39 is 0 Å². The number of amides is 1. The van der Waals surface area contributed by atoms with Crippen molar-refractivity contribution in [3.63, 3.8) is 0 Å². The Labute approximate surface area is 191 Å². The summed E-state index contributed by atoms with van der Waals surface area (Å²) in [4.78, 5) is 14.0. The van der Waals surface area contributed by atoms with Crippen molar-refractivity contribution in [1.82, 2.24) is 15.2 Å². The molecule has 8 nitrogen and oxygen atoms in total. The Morgan fingerprint density at radius 2 is 2.09 bits per heavy atom. The van der Waals surface area contributed by atoms with Gasteiger partial charge in [0.25, 0.3) is 17.0 Å². The Bertz CT molecular complexity index is 1220. The van der Waals surface area contributed by atoms with E-state index in [4.69, 9.17) is 13.6 Å². The van der Waals surface area contributed by atoms with Gasteiger partial charge in [-0.1, -0.05) is 17.8 Å². The number of carbonyl (C=O) groups is 1. The molecule has 162 valence electrons. The predicted octanol–water partition coefficient (Wildman–Crippen LogP) is 4.87. The standard InChI is InChI=1S/C22H18N4O4S2/c1-28-15-8-6-14(7-9-15)16-12-17(18-4-2-10-29-18)26(25-16)20(27)13-32-22-24-23-21(30-22)19-5-3-11-31-19/h2-11,17H,12-13H2,1H3/t17-/m0/s1. The van der Waals surface area contributed by atoms with E-state index in [1.165, 1.54) is 28.1 Å². The maximum absolute atomic E-state index is 13.1. The summed E-state index contributed by atoms with van der Waals surface area (Å²) < 4.78 is 16.5. The molecule has 1 aliphatic heterocycles. The van der Waals surface area contributed by atoms with Crippen molar-refractivity contribution in [3.8, 4) is 16.5 Å². The van der Waals surface area contributed by atoms with Gasteiger partial charge >= 0.3 is 0 Å². The van der Waals surface area contributed by atoms with E-state index in [1.54, 1.807) is 13.4 Å². The molecule has 32 heavy (non-hydrogen) atoms. The van der Waals surface area contributed by atoms with Crippen LogP contribution in [-0.4, -0.2) is 39.7 Å². The van der Waals surface area contributed by atoms with Crippen LogP contribution in [0.15, 0.2) is 79.3 Å². The highest BCUT2D eigenvalue weighted by atomic mass is 32.2. The lowest BCUT2D eigenvalue weighted by molar-refractivity contribution is -0.130. The molecule has 3 aromatic heterocycles. The van der Waals surface area contributed by atoms with Crippen molar-refractivity contribution in [2.45, 2.75) is 17.7 Å². The van der Waals surface area contributed by atoms with E-state index in [0.717, 1.165) is 21.9 Å². The molecule has 1 aromatic carbocycles. The van der Waals surface area contributed by atoms with Gasteiger partial charge in [-0.15, -0.1) is 21.5 Å². The quantitative estimate of drug-likeness (QED) is 0.359. The molecule has 0 saturated heterocycles. The number of hydrazone groups is 1. The molecule has 0 N–H and O–H groups in total. The number of rotatable bonds is 7. The van der Waals surface area contributed by atoms with Crippen molar-refractivity contribution < 1.29 is 18.4 Å². The smallest absolute Gasteiger partial charge is 0.277 e. The summed E-state index contributed by atoms with van der Waals surface area (Å²) in [7, 11) is 1.62. The van der Waals surface area contributed by atoms with Gasteiger partial charge in [0, 0.05) is 6.42 Å².